The molecule has 2 N–H and O–H groups in total. The Morgan fingerprint density at radius 3 is 2.56 bits per heavy atom. The lowest BCUT2D eigenvalue weighted by molar-refractivity contribution is -0.265. The number of methoxy groups -OCH3 is 1. The molecule has 2 aliphatic heterocycles. The van der Waals surface area contributed by atoms with Gasteiger partial charge in [-0.2, -0.15) is 0 Å². The van der Waals surface area contributed by atoms with Gasteiger partial charge in [-0.1, -0.05) is 25.1 Å². The second kappa shape index (κ2) is 7.71. The Labute approximate surface area is 199 Å². The number of fused-ring (bicyclic) bond motifs is 3. The lowest BCUT2D eigenvalue weighted by Crippen LogP contribution is -2.52. The van der Waals surface area contributed by atoms with Crippen LogP contribution in [0, 0.1) is 27.2 Å². The molecule has 3 aliphatic rings. The molecule has 32 heavy (non-hydrogen) atoms. The van der Waals surface area contributed by atoms with E-state index in [0.717, 1.165) is 5.56 Å². The molecule has 0 spiro atoms. The Hall–Kier alpha value is -2.17. The first kappa shape index (κ1) is 21.7. The average molecular weight is 549 g/mol. The van der Waals surface area contributed by atoms with E-state index in [-0.39, 0.29) is 23.5 Å². The summed E-state index contributed by atoms with van der Waals surface area (Å²) in [5.41, 5.74) is 1.31. The van der Waals surface area contributed by atoms with Gasteiger partial charge in [0.25, 0.3) is 0 Å². The summed E-state index contributed by atoms with van der Waals surface area (Å²) in [7, 11) is 1.48. The SMILES string of the molecule is COc1cc([C@@H]2C[C@H]3[C@H]4C(=O)N(c5ccccc5)C(=O)[C@H]4C[C@H](C)[C@@]3(O)O2)cc(I)c1O. The van der Waals surface area contributed by atoms with Crippen LogP contribution in [0.5, 0.6) is 11.5 Å². The fourth-order valence-electron chi connectivity index (χ4n) is 5.62. The number of ether oxygens (including phenoxy) is 2. The molecule has 7 nitrogen and oxygen atoms in total. The number of rotatable bonds is 3. The van der Waals surface area contributed by atoms with E-state index < -0.39 is 29.6 Å². The topological polar surface area (TPSA) is 96.3 Å². The lowest BCUT2D eigenvalue weighted by Gasteiger charge is -2.43. The Bertz CT molecular complexity index is 1090. The summed E-state index contributed by atoms with van der Waals surface area (Å²) in [4.78, 5) is 28.0. The number of aliphatic hydroxyl groups is 1. The van der Waals surface area contributed by atoms with E-state index >= 15 is 0 Å². The molecule has 0 radical (unpaired) electrons. The fourth-order valence-corrected chi connectivity index (χ4v) is 6.24. The van der Waals surface area contributed by atoms with Crippen LogP contribution in [0.3, 0.4) is 0 Å². The van der Waals surface area contributed by atoms with Gasteiger partial charge in [-0.15, -0.1) is 0 Å². The fraction of sp³-hybridized carbons (Fsp3) is 0.417. The number of benzene rings is 2. The summed E-state index contributed by atoms with van der Waals surface area (Å²) in [5.74, 6) is -3.54. The van der Waals surface area contributed by atoms with Gasteiger partial charge in [-0.05, 0) is 65.3 Å². The van der Waals surface area contributed by atoms with Crippen molar-refractivity contribution in [2.75, 3.05) is 12.0 Å². The first-order chi connectivity index (χ1) is 15.3. The van der Waals surface area contributed by atoms with Gasteiger partial charge in [0.2, 0.25) is 11.8 Å². The summed E-state index contributed by atoms with van der Waals surface area (Å²) >= 11 is 2.02. The number of hydrogen-bond acceptors (Lipinski definition) is 6. The predicted molar refractivity (Wildman–Crippen MR) is 124 cm³/mol. The molecule has 2 aromatic carbocycles. The molecular weight excluding hydrogens is 525 g/mol. The minimum atomic E-state index is -1.51. The number of carbonyl (C=O) groups is 2. The van der Waals surface area contributed by atoms with E-state index in [1.807, 2.05) is 35.6 Å². The molecule has 2 amide bonds. The van der Waals surface area contributed by atoms with Crippen molar-refractivity contribution in [3.63, 3.8) is 0 Å². The van der Waals surface area contributed by atoms with Gasteiger partial charge in [0, 0.05) is 11.8 Å². The van der Waals surface area contributed by atoms with E-state index in [9.17, 15) is 19.8 Å². The number of hydrogen-bond donors (Lipinski definition) is 2. The molecule has 2 saturated heterocycles. The highest BCUT2D eigenvalue weighted by molar-refractivity contribution is 14.1. The summed E-state index contributed by atoms with van der Waals surface area (Å²) in [6.45, 7) is 1.87. The Balaban J connectivity index is 1.51. The lowest BCUT2D eigenvalue weighted by atomic mass is 9.65. The largest absolute Gasteiger partial charge is 0.504 e. The molecule has 3 fully saturated rings. The van der Waals surface area contributed by atoms with E-state index in [4.69, 9.17) is 9.47 Å². The Morgan fingerprint density at radius 1 is 1.16 bits per heavy atom. The van der Waals surface area contributed by atoms with Crippen molar-refractivity contribution >= 4 is 40.1 Å². The van der Waals surface area contributed by atoms with Crippen LogP contribution in [0.4, 0.5) is 5.69 Å². The third-order valence-corrected chi connectivity index (χ3v) is 8.03. The van der Waals surface area contributed by atoms with Crippen LogP contribution in [0.1, 0.15) is 31.4 Å². The van der Waals surface area contributed by atoms with E-state index in [1.165, 1.54) is 12.0 Å². The maximum Gasteiger partial charge on any atom is 0.238 e. The molecule has 8 heteroatoms. The maximum atomic E-state index is 13.5. The summed E-state index contributed by atoms with van der Waals surface area (Å²) < 4.78 is 12.1. The minimum absolute atomic E-state index is 0.0504. The van der Waals surface area contributed by atoms with Crippen LogP contribution in [0.25, 0.3) is 0 Å². The second-order valence-electron chi connectivity index (χ2n) is 8.87. The van der Waals surface area contributed by atoms with Crippen molar-refractivity contribution in [3.05, 3.63) is 51.6 Å². The van der Waals surface area contributed by atoms with E-state index in [1.54, 1.807) is 36.4 Å². The highest BCUT2D eigenvalue weighted by atomic mass is 127. The number of halogens is 1. The highest BCUT2D eigenvalue weighted by Crippen LogP contribution is 2.58. The van der Waals surface area contributed by atoms with Crippen LogP contribution in [0.2, 0.25) is 0 Å². The summed E-state index contributed by atoms with van der Waals surface area (Å²) in [6.07, 6.45) is 0.297. The second-order valence-corrected chi connectivity index (χ2v) is 10.0. The molecule has 0 unspecified atom stereocenters. The molecule has 2 aromatic rings. The highest BCUT2D eigenvalue weighted by Gasteiger charge is 2.66. The maximum absolute atomic E-state index is 13.5. The summed E-state index contributed by atoms with van der Waals surface area (Å²) in [6, 6.07) is 12.4. The molecule has 2 heterocycles. The van der Waals surface area contributed by atoms with Crippen molar-refractivity contribution in [1.82, 2.24) is 0 Å². The van der Waals surface area contributed by atoms with Crippen molar-refractivity contribution in [2.24, 2.45) is 23.7 Å². The zero-order chi connectivity index (χ0) is 22.8. The average Bonchev–Trinajstić information content (AvgIpc) is 3.26. The molecular formula is C24H24INO6. The summed E-state index contributed by atoms with van der Waals surface area (Å²) in [5, 5.41) is 21.8. The number of phenolic OH excluding ortho intramolecular Hbond substituents is 1. The molecule has 1 saturated carbocycles. The van der Waals surface area contributed by atoms with E-state index in [2.05, 4.69) is 0 Å². The third kappa shape index (κ3) is 3.07. The molecule has 168 valence electrons. The number of amides is 2. The van der Waals surface area contributed by atoms with Crippen molar-refractivity contribution in [3.8, 4) is 11.5 Å². The van der Waals surface area contributed by atoms with Crippen LogP contribution in [0.15, 0.2) is 42.5 Å². The van der Waals surface area contributed by atoms with Crippen LogP contribution >= 0.6 is 22.6 Å². The first-order valence-corrected chi connectivity index (χ1v) is 11.7. The molecule has 6 atom stereocenters. The zero-order valence-corrected chi connectivity index (χ0v) is 19.9. The predicted octanol–water partition coefficient (Wildman–Crippen LogP) is 3.62. The van der Waals surface area contributed by atoms with Gasteiger partial charge in [0.1, 0.15) is 0 Å². The Morgan fingerprint density at radius 2 is 1.88 bits per heavy atom. The molecule has 0 aromatic heterocycles. The number of phenols is 1. The van der Waals surface area contributed by atoms with Crippen molar-refractivity contribution in [1.29, 1.82) is 0 Å². The number of imide groups is 1. The van der Waals surface area contributed by atoms with Crippen molar-refractivity contribution < 1.29 is 29.3 Å². The smallest absolute Gasteiger partial charge is 0.238 e. The molecule has 0 bridgehead atoms. The first-order valence-electron chi connectivity index (χ1n) is 10.7. The van der Waals surface area contributed by atoms with Crippen molar-refractivity contribution in [2.45, 2.75) is 31.7 Å². The number of anilines is 1. The van der Waals surface area contributed by atoms with Gasteiger partial charge >= 0.3 is 0 Å². The number of para-hydroxylation sites is 1. The van der Waals surface area contributed by atoms with Gasteiger partial charge in [0.15, 0.2) is 17.3 Å². The standard InChI is InChI=1S/C24H24INO6/c1-12-8-15-20(23(29)26(22(15)28)14-6-4-3-5-7-14)16-11-18(32-24(12,16)30)13-9-17(25)21(27)19(10-13)31-2/h3-7,9-10,12,15-16,18,20,27,30H,8,11H2,1-2H3/t12-,15-,16-,18-,20-,24+/m0/s1. The van der Waals surface area contributed by atoms with Gasteiger partial charge in [0.05, 0.1) is 34.3 Å². The third-order valence-electron chi connectivity index (χ3n) is 7.21. The van der Waals surface area contributed by atoms with Gasteiger partial charge in [-0.25, -0.2) is 0 Å². The molecule has 5 rings (SSSR count). The van der Waals surface area contributed by atoms with Gasteiger partial charge in [-0.3, -0.25) is 14.5 Å². The van der Waals surface area contributed by atoms with Crippen LogP contribution in [-0.4, -0.2) is 34.9 Å². The zero-order valence-electron chi connectivity index (χ0n) is 17.7. The van der Waals surface area contributed by atoms with Crippen LogP contribution in [-0.2, 0) is 14.3 Å². The normalized spacial score (nSPS) is 33.9. The number of nitrogens with zero attached hydrogens (tertiary/aromatic N) is 1. The monoisotopic (exact) mass is 549 g/mol. The van der Waals surface area contributed by atoms with Gasteiger partial charge < -0.3 is 19.7 Å². The number of carbonyl (C=O) groups excluding carboxylic acids is 2. The Kier molecular flexibility index (Phi) is 5.22. The number of aromatic hydroxyl groups is 1. The van der Waals surface area contributed by atoms with Crippen LogP contribution < -0.4 is 9.64 Å². The quantitative estimate of drug-likeness (QED) is 0.449. The molecule has 1 aliphatic carbocycles. The van der Waals surface area contributed by atoms with E-state index in [0.29, 0.717) is 27.8 Å². The minimum Gasteiger partial charge on any atom is -0.504 e.